The lowest BCUT2D eigenvalue weighted by Gasteiger charge is -2.10. The highest BCUT2D eigenvalue weighted by molar-refractivity contribution is 7.71. The zero-order chi connectivity index (χ0) is 24.9. The Bertz CT molecular complexity index is 1560. The quantitative estimate of drug-likeness (QED) is 0.245. The average molecular weight is 497 g/mol. The van der Waals surface area contributed by atoms with Crippen molar-refractivity contribution in [2.45, 2.75) is 6.54 Å². The number of imidazole rings is 1. The van der Waals surface area contributed by atoms with Gasteiger partial charge in [-0.2, -0.15) is 4.80 Å². The molecule has 0 aliphatic carbocycles. The summed E-state index contributed by atoms with van der Waals surface area (Å²) in [6, 6.07) is 25.7. The Balaban J connectivity index is 1.20. The maximum atomic E-state index is 12.7. The Morgan fingerprint density at radius 2 is 1.53 bits per heavy atom. The second-order valence-electron chi connectivity index (χ2n) is 7.76. The van der Waals surface area contributed by atoms with Gasteiger partial charge in [0.05, 0.1) is 6.54 Å². The molecule has 178 valence electrons. The minimum absolute atomic E-state index is 0.261. The number of para-hydroxylation sites is 1. The van der Waals surface area contributed by atoms with Gasteiger partial charge < -0.3 is 4.98 Å². The first-order valence-corrected chi connectivity index (χ1v) is 11.4. The molecule has 0 bridgehead atoms. The van der Waals surface area contributed by atoms with Crippen molar-refractivity contribution >= 4 is 24.0 Å². The number of hydrogen-bond acceptors (Lipinski definition) is 6. The molecule has 0 aliphatic heterocycles. The second kappa shape index (κ2) is 10.2. The number of rotatable bonds is 6. The van der Waals surface area contributed by atoms with Crippen molar-refractivity contribution in [2.75, 3.05) is 0 Å². The van der Waals surface area contributed by atoms with Gasteiger partial charge in [-0.15, -0.1) is 10.2 Å². The van der Waals surface area contributed by atoms with Gasteiger partial charge in [0.15, 0.2) is 4.77 Å². The number of carbonyl (C=O) groups is 2. The smallest absolute Gasteiger partial charge is 0.288 e. The Hall–Kier alpha value is -4.90. The fourth-order valence-electron chi connectivity index (χ4n) is 3.56. The molecule has 0 spiro atoms. The first-order chi connectivity index (χ1) is 17.6. The number of H-pyrrole nitrogens is 1. The van der Waals surface area contributed by atoms with E-state index in [2.05, 4.69) is 31.2 Å². The van der Waals surface area contributed by atoms with Crippen LogP contribution in [0.4, 0.5) is 0 Å². The summed E-state index contributed by atoms with van der Waals surface area (Å²) in [4.78, 5) is 29.6. The van der Waals surface area contributed by atoms with Crippen LogP contribution in [-0.4, -0.2) is 41.6 Å². The van der Waals surface area contributed by atoms with Crippen LogP contribution in [0.1, 0.15) is 26.4 Å². The molecule has 0 aliphatic rings. The Morgan fingerprint density at radius 1 is 0.861 bits per heavy atom. The molecule has 2 aromatic heterocycles. The number of aromatic amines is 1. The number of hydrazine groups is 1. The minimum atomic E-state index is -0.511. The van der Waals surface area contributed by atoms with Gasteiger partial charge in [-0.1, -0.05) is 60.7 Å². The molecule has 0 fully saturated rings. The van der Waals surface area contributed by atoms with Crippen LogP contribution in [0.25, 0.3) is 17.1 Å². The summed E-state index contributed by atoms with van der Waals surface area (Å²) in [5.74, 6) is -0.426. The normalized spacial score (nSPS) is 10.7. The van der Waals surface area contributed by atoms with E-state index in [1.165, 1.54) is 11.0 Å². The number of carbonyl (C=O) groups excluding carboxylic acids is 2. The Morgan fingerprint density at radius 3 is 2.25 bits per heavy atom. The summed E-state index contributed by atoms with van der Waals surface area (Å²) in [7, 11) is 0. The molecule has 2 amide bonds. The van der Waals surface area contributed by atoms with Crippen molar-refractivity contribution in [3.63, 3.8) is 0 Å². The summed E-state index contributed by atoms with van der Waals surface area (Å²) in [6.07, 6.45) is 1.49. The highest BCUT2D eigenvalue weighted by Gasteiger charge is 2.15. The SMILES string of the molecule is O=C(NNC(=O)c1c[nH]c(=S)n1-c1ccccc1)c1ccc(Cn2nnc(-c3ccccc3)n2)cc1. The molecule has 0 saturated heterocycles. The third kappa shape index (κ3) is 4.95. The van der Waals surface area contributed by atoms with Crippen LogP contribution in [-0.2, 0) is 6.54 Å². The van der Waals surface area contributed by atoms with Crippen LogP contribution in [0.15, 0.2) is 91.1 Å². The largest absolute Gasteiger partial charge is 0.336 e. The zero-order valence-corrected chi connectivity index (χ0v) is 19.6. The molecule has 10 nitrogen and oxygen atoms in total. The molecule has 5 aromatic rings. The molecule has 0 atom stereocenters. The predicted molar refractivity (Wildman–Crippen MR) is 135 cm³/mol. The molecule has 11 heteroatoms. The first-order valence-electron chi connectivity index (χ1n) is 11.0. The molecule has 0 saturated carbocycles. The number of hydrogen-bond donors (Lipinski definition) is 3. The van der Waals surface area contributed by atoms with Gasteiger partial charge in [-0.3, -0.25) is 25.0 Å². The highest BCUT2D eigenvalue weighted by Crippen LogP contribution is 2.14. The van der Waals surface area contributed by atoms with Gasteiger partial charge in [-0.05, 0) is 47.3 Å². The molecular weight excluding hydrogens is 476 g/mol. The fraction of sp³-hybridized carbons (Fsp3) is 0.0400. The molecule has 2 heterocycles. The van der Waals surface area contributed by atoms with Crippen LogP contribution in [0.3, 0.4) is 0 Å². The second-order valence-corrected chi connectivity index (χ2v) is 8.15. The van der Waals surface area contributed by atoms with Gasteiger partial charge in [-0.25, -0.2) is 0 Å². The average Bonchev–Trinajstić information content (AvgIpc) is 3.55. The van der Waals surface area contributed by atoms with E-state index in [9.17, 15) is 9.59 Å². The van der Waals surface area contributed by atoms with Crippen LogP contribution >= 0.6 is 12.2 Å². The van der Waals surface area contributed by atoms with Crippen LogP contribution in [0.2, 0.25) is 0 Å². The van der Waals surface area contributed by atoms with E-state index in [1.54, 1.807) is 28.8 Å². The maximum absolute atomic E-state index is 12.7. The molecule has 5 rings (SSSR count). The number of amides is 2. The molecule has 0 unspecified atom stereocenters. The maximum Gasteiger partial charge on any atom is 0.288 e. The van der Waals surface area contributed by atoms with E-state index in [-0.39, 0.29) is 5.69 Å². The summed E-state index contributed by atoms with van der Waals surface area (Å²) >= 11 is 5.30. The van der Waals surface area contributed by atoms with Gasteiger partial charge in [0, 0.05) is 23.0 Å². The van der Waals surface area contributed by atoms with E-state index >= 15 is 0 Å². The minimum Gasteiger partial charge on any atom is -0.336 e. The molecular formula is C25H20N8O2S. The fourth-order valence-corrected chi connectivity index (χ4v) is 3.82. The molecule has 0 radical (unpaired) electrons. The van der Waals surface area contributed by atoms with E-state index in [0.29, 0.717) is 22.7 Å². The lowest BCUT2D eigenvalue weighted by atomic mass is 10.1. The topological polar surface area (TPSA) is 123 Å². The summed E-state index contributed by atoms with van der Waals surface area (Å²) in [5, 5.41) is 12.6. The number of benzene rings is 3. The number of nitrogens with one attached hydrogen (secondary N) is 3. The summed E-state index contributed by atoms with van der Waals surface area (Å²) in [6.45, 7) is 0.398. The predicted octanol–water partition coefficient (Wildman–Crippen LogP) is 3.31. The van der Waals surface area contributed by atoms with E-state index in [1.807, 2.05) is 60.7 Å². The van der Waals surface area contributed by atoms with Gasteiger partial charge in [0.2, 0.25) is 5.82 Å². The van der Waals surface area contributed by atoms with E-state index in [0.717, 1.165) is 16.8 Å². The standard InChI is InChI=1S/C25H20N8O2S/c34-23(28-29-24(35)21-15-26-25(36)33(21)20-9-5-2-6-10-20)19-13-11-17(12-14-19)16-32-30-22(27-31-32)18-7-3-1-4-8-18/h1-15H,16H2,(H,26,36)(H,28,34)(H,29,35). The number of nitrogens with zero attached hydrogens (tertiary/aromatic N) is 5. The summed E-state index contributed by atoms with van der Waals surface area (Å²) < 4.78 is 1.96. The Kier molecular flexibility index (Phi) is 6.45. The Labute approximate surface area is 210 Å². The van der Waals surface area contributed by atoms with Crippen molar-refractivity contribution in [3.05, 3.63) is 113 Å². The zero-order valence-electron chi connectivity index (χ0n) is 18.8. The number of aromatic nitrogens is 6. The first kappa shape index (κ1) is 22.9. The van der Waals surface area contributed by atoms with Crippen LogP contribution in [0.5, 0.6) is 0 Å². The van der Waals surface area contributed by atoms with E-state index in [4.69, 9.17) is 12.2 Å². The van der Waals surface area contributed by atoms with Crippen LogP contribution in [0, 0.1) is 4.77 Å². The van der Waals surface area contributed by atoms with Crippen LogP contribution < -0.4 is 10.9 Å². The van der Waals surface area contributed by atoms with Crippen molar-refractivity contribution in [1.82, 2.24) is 40.6 Å². The van der Waals surface area contributed by atoms with Gasteiger partial charge in [0.1, 0.15) is 5.69 Å². The lowest BCUT2D eigenvalue weighted by molar-refractivity contribution is 0.0843. The molecule has 3 N–H and O–H groups in total. The molecule has 3 aromatic carbocycles. The number of tetrazole rings is 1. The van der Waals surface area contributed by atoms with Gasteiger partial charge in [0.25, 0.3) is 11.8 Å². The van der Waals surface area contributed by atoms with Crippen molar-refractivity contribution in [1.29, 1.82) is 0 Å². The summed E-state index contributed by atoms with van der Waals surface area (Å²) in [5.41, 5.74) is 8.02. The van der Waals surface area contributed by atoms with Crippen molar-refractivity contribution in [2.24, 2.45) is 0 Å². The monoisotopic (exact) mass is 496 g/mol. The highest BCUT2D eigenvalue weighted by atomic mass is 32.1. The third-order valence-corrected chi connectivity index (χ3v) is 5.64. The van der Waals surface area contributed by atoms with Crippen molar-refractivity contribution in [3.8, 4) is 17.1 Å². The van der Waals surface area contributed by atoms with Crippen molar-refractivity contribution < 1.29 is 9.59 Å². The van der Waals surface area contributed by atoms with E-state index < -0.39 is 11.8 Å². The molecule has 36 heavy (non-hydrogen) atoms. The van der Waals surface area contributed by atoms with Gasteiger partial charge >= 0.3 is 0 Å². The third-order valence-electron chi connectivity index (χ3n) is 5.34. The lowest BCUT2D eigenvalue weighted by Crippen LogP contribution is -2.42.